The van der Waals surface area contributed by atoms with E-state index < -0.39 is 0 Å². The number of hydrogen-bond acceptors (Lipinski definition) is 3. The van der Waals surface area contributed by atoms with E-state index in [0.29, 0.717) is 12.1 Å². The van der Waals surface area contributed by atoms with Crippen LogP contribution in [0.3, 0.4) is 0 Å². The fraction of sp³-hybridized carbons (Fsp3) is 0.941. The van der Waals surface area contributed by atoms with Gasteiger partial charge in [0, 0.05) is 17.3 Å². The van der Waals surface area contributed by atoms with Gasteiger partial charge in [0.05, 0.1) is 6.04 Å². The minimum Gasteiger partial charge on any atom is -0.352 e. The first-order valence-electron chi connectivity index (χ1n) is 8.94. The third kappa shape index (κ3) is 4.55. The molecule has 3 nitrogen and oxygen atoms in total. The second kappa shape index (κ2) is 8.79. The summed E-state index contributed by atoms with van der Waals surface area (Å²) in [5.74, 6) is 2.22. The first-order chi connectivity index (χ1) is 10.3. The molecule has 0 aromatic rings. The van der Waals surface area contributed by atoms with E-state index in [-0.39, 0.29) is 24.4 Å². The Bertz CT molecular complexity index is 353. The number of fused-ring (bicyclic) bond motifs is 1. The molecule has 3 fully saturated rings. The van der Waals surface area contributed by atoms with Crippen LogP contribution in [-0.2, 0) is 4.79 Å². The van der Waals surface area contributed by atoms with Crippen LogP contribution in [0.2, 0.25) is 0 Å². The lowest BCUT2D eigenvalue weighted by Crippen LogP contribution is -2.48. The molecule has 0 aromatic carbocycles. The molecule has 2 saturated carbocycles. The van der Waals surface area contributed by atoms with E-state index in [0.717, 1.165) is 17.6 Å². The van der Waals surface area contributed by atoms with Crippen LogP contribution in [0.4, 0.5) is 0 Å². The van der Waals surface area contributed by atoms with Crippen molar-refractivity contribution < 1.29 is 4.79 Å². The van der Waals surface area contributed by atoms with Gasteiger partial charge in [-0.1, -0.05) is 26.2 Å². The van der Waals surface area contributed by atoms with Gasteiger partial charge in [0.15, 0.2) is 0 Å². The SMILES string of the molecule is CCSC1CCCC(NC(=O)C2CC3CCCCC3N2)C1.Cl. The summed E-state index contributed by atoms with van der Waals surface area (Å²) >= 11 is 2.06. The zero-order valence-electron chi connectivity index (χ0n) is 13.7. The summed E-state index contributed by atoms with van der Waals surface area (Å²) in [5, 5.41) is 7.70. The molecule has 2 aliphatic carbocycles. The summed E-state index contributed by atoms with van der Waals surface area (Å²) in [7, 11) is 0. The van der Waals surface area contributed by atoms with Crippen molar-refractivity contribution in [1.29, 1.82) is 0 Å². The van der Waals surface area contributed by atoms with Crippen LogP contribution in [0.15, 0.2) is 0 Å². The largest absolute Gasteiger partial charge is 0.352 e. The van der Waals surface area contributed by atoms with Gasteiger partial charge < -0.3 is 10.6 Å². The van der Waals surface area contributed by atoms with Crippen molar-refractivity contribution in [3.05, 3.63) is 0 Å². The molecule has 1 amide bonds. The zero-order valence-corrected chi connectivity index (χ0v) is 15.3. The number of nitrogens with one attached hydrogen (secondary N) is 2. The number of thioether (sulfide) groups is 1. The summed E-state index contributed by atoms with van der Waals surface area (Å²) in [6.07, 6.45) is 11.3. The topological polar surface area (TPSA) is 41.1 Å². The normalized spacial score (nSPS) is 38.0. The lowest BCUT2D eigenvalue weighted by Gasteiger charge is -2.30. The molecule has 1 aliphatic heterocycles. The molecular weight excluding hydrogens is 316 g/mol. The van der Waals surface area contributed by atoms with Gasteiger partial charge in [-0.2, -0.15) is 11.8 Å². The van der Waals surface area contributed by atoms with Gasteiger partial charge in [-0.05, 0) is 50.2 Å². The lowest BCUT2D eigenvalue weighted by molar-refractivity contribution is -0.123. The number of carbonyl (C=O) groups excluding carboxylic acids is 1. The molecule has 1 saturated heterocycles. The molecule has 22 heavy (non-hydrogen) atoms. The van der Waals surface area contributed by atoms with Crippen LogP contribution in [0.25, 0.3) is 0 Å². The minimum absolute atomic E-state index is 0. The highest BCUT2D eigenvalue weighted by Gasteiger charge is 2.38. The third-order valence-corrected chi connectivity index (χ3v) is 6.79. The molecule has 3 aliphatic rings. The van der Waals surface area contributed by atoms with E-state index >= 15 is 0 Å². The van der Waals surface area contributed by atoms with Crippen molar-refractivity contribution in [3.63, 3.8) is 0 Å². The summed E-state index contributed by atoms with van der Waals surface area (Å²) < 4.78 is 0. The molecule has 5 heteroatoms. The van der Waals surface area contributed by atoms with E-state index in [9.17, 15) is 4.79 Å². The monoisotopic (exact) mass is 346 g/mol. The van der Waals surface area contributed by atoms with Gasteiger partial charge in [0.1, 0.15) is 0 Å². The molecule has 5 atom stereocenters. The van der Waals surface area contributed by atoms with E-state index in [1.165, 1.54) is 57.1 Å². The second-order valence-corrected chi connectivity index (χ2v) is 8.63. The Morgan fingerprint density at radius 2 is 1.95 bits per heavy atom. The molecule has 128 valence electrons. The number of halogens is 1. The fourth-order valence-corrected chi connectivity index (χ4v) is 5.66. The first kappa shape index (κ1) is 18.4. The van der Waals surface area contributed by atoms with Crippen LogP contribution in [0.5, 0.6) is 0 Å². The maximum Gasteiger partial charge on any atom is 0.237 e. The van der Waals surface area contributed by atoms with Gasteiger partial charge in [-0.25, -0.2) is 0 Å². The van der Waals surface area contributed by atoms with Crippen LogP contribution in [0.1, 0.15) is 64.7 Å². The van der Waals surface area contributed by atoms with E-state index in [2.05, 4.69) is 29.3 Å². The highest BCUT2D eigenvalue weighted by molar-refractivity contribution is 7.99. The van der Waals surface area contributed by atoms with Gasteiger partial charge in [0.25, 0.3) is 0 Å². The standard InChI is InChI=1S/C17H30N2OS.ClH/c1-2-21-14-8-5-7-13(11-14)18-17(20)16-10-12-6-3-4-9-15(12)19-16;/h12-16,19H,2-11H2,1H3,(H,18,20);1H. The van der Waals surface area contributed by atoms with Gasteiger partial charge in [0.2, 0.25) is 5.91 Å². The Labute approximate surface area is 145 Å². The highest BCUT2D eigenvalue weighted by atomic mass is 35.5. The van der Waals surface area contributed by atoms with Crippen molar-refractivity contribution >= 4 is 30.1 Å². The Morgan fingerprint density at radius 1 is 1.14 bits per heavy atom. The molecule has 0 radical (unpaired) electrons. The smallest absolute Gasteiger partial charge is 0.237 e. The maximum absolute atomic E-state index is 12.5. The fourth-order valence-electron chi connectivity index (χ4n) is 4.49. The van der Waals surface area contributed by atoms with E-state index in [4.69, 9.17) is 0 Å². The number of hydrogen-bond donors (Lipinski definition) is 2. The molecule has 0 aromatic heterocycles. The Balaban J connectivity index is 0.00000176. The van der Waals surface area contributed by atoms with Crippen LogP contribution in [-0.4, -0.2) is 35.0 Å². The summed E-state index contributed by atoms with van der Waals surface area (Å²) in [5.41, 5.74) is 0. The van der Waals surface area contributed by atoms with E-state index in [1.807, 2.05) is 0 Å². The van der Waals surface area contributed by atoms with E-state index in [1.54, 1.807) is 0 Å². The second-order valence-electron chi connectivity index (χ2n) is 7.06. The maximum atomic E-state index is 12.5. The lowest BCUT2D eigenvalue weighted by atomic mass is 9.85. The summed E-state index contributed by atoms with van der Waals surface area (Å²) in [6, 6.07) is 1.11. The molecule has 0 spiro atoms. The van der Waals surface area contributed by atoms with Crippen molar-refractivity contribution in [3.8, 4) is 0 Å². The molecule has 5 unspecified atom stereocenters. The predicted octanol–water partition coefficient (Wildman–Crippen LogP) is 3.51. The van der Waals surface area contributed by atoms with Gasteiger partial charge >= 0.3 is 0 Å². The number of carbonyl (C=O) groups is 1. The van der Waals surface area contributed by atoms with Crippen molar-refractivity contribution in [2.75, 3.05) is 5.75 Å². The molecule has 2 N–H and O–H groups in total. The molecule has 1 heterocycles. The Morgan fingerprint density at radius 3 is 2.73 bits per heavy atom. The zero-order chi connectivity index (χ0) is 14.7. The molecule has 0 bridgehead atoms. The van der Waals surface area contributed by atoms with Gasteiger partial charge in [-0.3, -0.25) is 4.79 Å². The van der Waals surface area contributed by atoms with Crippen molar-refractivity contribution in [1.82, 2.24) is 10.6 Å². The van der Waals surface area contributed by atoms with Crippen LogP contribution >= 0.6 is 24.2 Å². The van der Waals surface area contributed by atoms with Crippen LogP contribution < -0.4 is 10.6 Å². The molecule has 3 rings (SSSR count). The van der Waals surface area contributed by atoms with Crippen molar-refractivity contribution in [2.24, 2.45) is 5.92 Å². The molecular formula is C17H31ClN2OS. The average Bonchev–Trinajstić information content (AvgIpc) is 2.92. The van der Waals surface area contributed by atoms with Crippen LogP contribution in [0, 0.1) is 5.92 Å². The third-order valence-electron chi connectivity index (χ3n) is 5.55. The van der Waals surface area contributed by atoms with Crippen molar-refractivity contribution in [2.45, 2.75) is 88.1 Å². The van der Waals surface area contributed by atoms with Gasteiger partial charge in [-0.15, -0.1) is 12.4 Å². The first-order valence-corrected chi connectivity index (χ1v) is 9.99. The summed E-state index contributed by atoms with van der Waals surface area (Å²) in [4.78, 5) is 12.5. The number of rotatable bonds is 4. The number of amides is 1. The summed E-state index contributed by atoms with van der Waals surface area (Å²) in [6.45, 7) is 2.23. The highest BCUT2D eigenvalue weighted by Crippen LogP contribution is 2.33. The average molecular weight is 347 g/mol. The Hall–Kier alpha value is 0.0700. The predicted molar refractivity (Wildman–Crippen MR) is 96.9 cm³/mol. The quantitative estimate of drug-likeness (QED) is 0.818. The Kier molecular flexibility index (Phi) is 7.36. The minimum atomic E-state index is 0.